The van der Waals surface area contributed by atoms with Gasteiger partial charge in [0.1, 0.15) is 11.4 Å². The largest absolute Gasteiger partial charge is 0.507 e. The van der Waals surface area contributed by atoms with Gasteiger partial charge in [0.2, 0.25) is 0 Å². The molecule has 2 N–H and O–H groups in total. The molecule has 0 aliphatic carbocycles. The van der Waals surface area contributed by atoms with E-state index in [2.05, 4.69) is 10.3 Å². The Labute approximate surface area is 203 Å². The second kappa shape index (κ2) is 9.24. The van der Waals surface area contributed by atoms with E-state index < -0.39 is 4.92 Å². The number of carbonyl (C=O) groups excluding carboxylic acids is 1. The number of aromatic nitrogens is 1. The number of benzene rings is 3. The van der Waals surface area contributed by atoms with Crippen LogP contribution >= 0.6 is 11.3 Å². The highest BCUT2D eigenvalue weighted by Crippen LogP contribution is 2.43. The average Bonchev–Trinajstić information content (AvgIpc) is 3.55. The SMILES string of the molecule is O=C(Nc1nc(-c2cccs2)c(-c2ccccc2-c2ccc([N+](=O)[O-])cc2O)o1)c1ccccc1. The third kappa shape index (κ3) is 4.40. The first-order chi connectivity index (χ1) is 17.0. The molecule has 9 heteroatoms. The van der Waals surface area contributed by atoms with Crippen LogP contribution in [0.15, 0.2) is 94.7 Å². The van der Waals surface area contributed by atoms with Crippen molar-refractivity contribution in [2.45, 2.75) is 0 Å². The fourth-order valence-corrected chi connectivity index (χ4v) is 4.38. The summed E-state index contributed by atoms with van der Waals surface area (Å²) in [5.74, 6) is -0.206. The Morgan fingerprint density at radius 3 is 2.37 bits per heavy atom. The summed E-state index contributed by atoms with van der Waals surface area (Å²) in [5.41, 5.74) is 2.36. The number of nitro groups is 1. The molecule has 2 heterocycles. The van der Waals surface area contributed by atoms with E-state index in [0.717, 1.165) is 10.9 Å². The molecule has 0 saturated carbocycles. The molecule has 0 atom stereocenters. The second-order valence-corrected chi connectivity index (χ2v) is 8.45. The van der Waals surface area contributed by atoms with E-state index in [1.165, 1.54) is 23.5 Å². The van der Waals surface area contributed by atoms with Crippen LogP contribution in [0, 0.1) is 10.1 Å². The number of hydrogen-bond donors (Lipinski definition) is 2. The fraction of sp³-hybridized carbons (Fsp3) is 0. The summed E-state index contributed by atoms with van der Waals surface area (Å²) in [6.07, 6.45) is 0. The van der Waals surface area contributed by atoms with Crippen molar-refractivity contribution in [3.8, 4) is 38.8 Å². The minimum Gasteiger partial charge on any atom is -0.507 e. The predicted octanol–water partition coefficient (Wildman–Crippen LogP) is 6.60. The number of oxazole rings is 1. The van der Waals surface area contributed by atoms with E-state index in [9.17, 15) is 20.0 Å². The van der Waals surface area contributed by atoms with Crippen LogP contribution in [0.3, 0.4) is 0 Å². The van der Waals surface area contributed by atoms with Gasteiger partial charge in [-0.1, -0.05) is 48.5 Å². The molecule has 0 unspecified atom stereocenters. The molecule has 172 valence electrons. The van der Waals surface area contributed by atoms with Gasteiger partial charge in [-0.25, -0.2) is 0 Å². The van der Waals surface area contributed by atoms with Gasteiger partial charge in [-0.15, -0.1) is 11.3 Å². The molecule has 35 heavy (non-hydrogen) atoms. The number of amides is 1. The second-order valence-electron chi connectivity index (χ2n) is 7.50. The number of hydrogen-bond acceptors (Lipinski definition) is 7. The van der Waals surface area contributed by atoms with E-state index in [0.29, 0.717) is 33.7 Å². The lowest BCUT2D eigenvalue weighted by molar-refractivity contribution is -0.384. The lowest BCUT2D eigenvalue weighted by atomic mass is 9.96. The van der Waals surface area contributed by atoms with Gasteiger partial charge >= 0.3 is 6.01 Å². The van der Waals surface area contributed by atoms with E-state index in [1.54, 1.807) is 42.5 Å². The number of nitrogens with one attached hydrogen (secondary N) is 1. The van der Waals surface area contributed by atoms with Gasteiger partial charge in [0.15, 0.2) is 5.76 Å². The molecule has 8 nitrogen and oxygen atoms in total. The third-order valence-corrected chi connectivity index (χ3v) is 6.17. The van der Waals surface area contributed by atoms with Crippen molar-refractivity contribution in [2.24, 2.45) is 0 Å². The summed E-state index contributed by atoms with van der Waals surface area (Å²) in [6.45, 7) is 0. The molecule has 1 amide bonds. The Kier molecular flexibility index (Phi) is 5.82. The number of phenolic OH excluding ortho intramolecular Hbond substituents is 1. The maximum absolute atomic E-state index is 12.7. The van der Waals surface area contributed by atoms with Crippen LogP contribution in [0.25, 0.3) is 33.0 Å². The number of phenols is 1. The quantitative estimate of drug-likeness (QED) is 0.207. The molecule has 5 rings (SSSR count). The fourth-order valence-electron chi connectivity index (χ4n) is 3.67. The molecule has 0 aliphatic rings. The topological polar surface area (TPSA) is 118 Å². The zero-order valence-electron chi connectivity index (χ0n) is 18.0. The van der Waals surface area contributed by atoms with Crippen molar-refractivity contribution in [1.82, 2.24) is 4.98 Å². The van der Waals surface area contributed by atoms with Gasteiger partial charge in [-0.2, -0.15) is 4.98 Å². The first-order valence-corrected chi connectivity index (χ1v) is 11.4. The summed E-state index contributed by atoms with van der Waals surface area (Å²) in [7, 11) is 0. The maximum Gasteiger partial charge on any atom is 0.302 e. The lowest BCUT2D eigenvalue weighted by Crippen LogP contribution is -2.11. The maximum atomic E-state index is 12.7. The molecule has 3 aromatic carbocycles. The highest BCUT2D eigenvalue weighted by Gasteiger charge is 2.23. The van der Waals surface area contributed by atoms with Crippen LogP contribution in [0.5, 0.6) is 5.75 Å². The first kappa shape index (κ1) is 22.1. The molecule has 0 saturated heterocycles. The molecule has 0 spiro atoms. The van der Waals surface area contributed by atoms with Crippen LogP contribution in [0.2, 0.25) is 0 Å². The standard InChI is InChI=1S/C26H17N3O5S/c30-21-15-17(29(32)33)12-13-19(21)18-9-4-5-10-20(18)24-23(22-11-6-14-35-22)27-26(34-24)28-25(31)16-7-2-1-3-8-16/h1-15,30H,(H,27,28,31). The van der Waals surface area contributed by atoms with Crippen molar-refractivity contribution in [3.63, 3.8) is 0 Å². The molecule has 0 fully saturated rings. The summed E-state index contributed by atoms with van der Waals surface area (Å²) < 4.78 is 6.05. The lowest BCUT2D eigenvalue weighted by Gasteiger charge is -2.10. The third-order valence-electron chi connectivity index (χ3n) is 5.29. The van der Waals surface area contributed by atoms with Crippen LogP contribution < -0.4 is 5.32 Å². The molecule has 5 aromatic rings. The van der Waals surface area contributed by atoms with Crippen molar-refractivity contribution < 1.29 is 19.2 Å². The Morgan fingerprint density at radius 1 is 0.943 bits per heavy atom. The molecular formula is C26H17N3O5S. The number of anilines is 1. The minimum absolute atomic E-state index is 0.0278. The smallest absolute Gasteiger partial charge is 0.302 e. The molecule has 0 radical (unpaired) electrons. The number of non-ortho nitro benzene ring substituents is 1. The summed E-state index contributed by atoms with van der Waals surface area (Å²) in [6, 6.07) is 23.6. The Morgan fingerprint density at radius 2 is 1.69 bits per heavy atom. The van der Waals surface area contributed by atoms with Gasteiger partial charge in [-0.3, -0.25) is 20.2 Å². The first-order valence-electron chi connectivity index (χ1n) is 10.5. The van der Waals surface area contributed by atoms with Crippen molar-refractivity contribution in [1.29, 1.82) is 0 Å². The molecule has 0 aliphatic heterocycles. The van der Waals surface area contributed by atoms with E-state index >= 15 is 0 Å². The number of nitrogens with zero attached hydrogens (tertiary/aromatic N) is 2. The van der Waals surface area contributed by atoms with Gasteiger partial charge in [0, 0.05) is 22.8 Å². The number of aromatic hydroxyl groups is 1. The normalized spacial score (nSPS) is 10.7. The predicted molar refractivity (Wildman–Crippen MR) is 133 cm³/mol. The van der Waals surface area contributed by atoms with Crippen molar-refractivity contribution >= 4 is 28.9 Å². The number of rotatable bonds is 6. The van der Waals surface area contributed by atoms with E-state index in [4.69, 9.17) is 4.42 Å². The zero-order chi connectivity index (χ0) is 24.4. The Bertz CT molecular complexity index is 1530. The van der Waals surface area contributed by atoms with Crippen LogP contribution in [-0.2, 0) is 0 Å². The molecule has 0 bridgehead atoms. The van der Waals surface area contributed by atoms with Gasteiger partial charge in [0.05, 0.1) is 15.9 Å². The Hall–Kier alpha value is -4.76. The van der Waals surface area contributed by atoms with Gasteiger partial charge in [-0.05, 0) is 35.2 Å². The highest BCUT2D eigenvalue weighted by molar-refractivity contribution is 7.13. The van der Waals surface area contributed by atoms with Crippen LogP contribution in [0.4, 0.5) is 11.7 Å². The summed E-state index contributed by atoms with van der Waals surface area (Å²) in [4.78, 5) is 28.6. The van der Waals surface area contributed by atoms with E-state index in [1.807, 2.05) is 29.6 Å². The number of carbonyl (C=O) groups is 1. The summed E-state index contributed by atoms with van der Waals surface area (Å²) >= 11 is 1.46. The number of nitro benzene ring substituents is 1. The van der Waals surface area contributed by atoms with Crippen LogP contribution in [0.1, 0.15) is 10.4 Å². The monoisotopic (exact) mass is 483 g/mol. The zero-order valence-corrected chi connectivity index (χ0v) is 18.9. The van der Waals surface area contributed by atoms with Gasteiger partial charge < -0.3 is 9.52 Å². The number of thiophene rings is 1. The highest BCUT2D eigenvalue weighted by atomic mass is 32.1. The molecule has 2 aromatic heterocycles. The minimum atomic E-state index is -0.567. The van der Waals surface area contributed by atoms with Gasteiger partial charge in [0.25, 0.3) is 11.6 Å². The van der Waals surface area contributed by atoms with E-state index in [-0.39, 0.29) is 23.4 Å². The average molecular weight is 484 g/mol. The molecular weight excluding hydrogens is 466 g/mol. The van der Waals surface area contributed by atoms with Crippen molar-refractivity contribution in [3.05, 3.63) is 106 Å². The van der Waals surface area contributed by atoms with Crippen LogP contribution in [-0.4, -0.2) is 20.9 Å². The summed E-state index contributed by atoms with van der Waals surface area (Å²) in [5, 5.41) is 26.3. The Balaban J connectivity index is 1.61. The van der Waals surface area contributed by atoms with Crippen molar-refractivity contribution in [2.75, 3.05) is 5.32 Å².